The van der Waals surface area contributed by atoms with E-state index in [4.69, 9.17) is 104 Å². The van der Waals surface area contributed by atoms with Gasteiger partial charge in [0.05, 0.1) is 0 Å². The average Bonchev–Trinajstić information content (AvgIpc) is 3.60. The van der Waals surface area contributed by atoms with Gasteiger partial charge in [-0.1, -0.05) is 52.8 Å². The first-order chi connectivity index (χ1) is 22.9. The number of halogens is 13. The summed E-state index contributed by atoms with van der Waals surface area (Å²) in [6.07, 6.45) is 2.56. The molecule has 2 heterocycles. The molecule has 3 aromatic rings. The second-order valence-electron chi connectivity index (χ2n) is 9.50. The highest BCUT2D eigenvalue weighted by atomic mass is 35.9. The molecule has 0 N–H and O–H groups in total. The van der Waals surface area contributed by atoms with E-state index in [0.717, 1.165) is 24.0 Å². The molecule has 1 saturated heterocycles. The summed E-state index contributed by atoms with van der Waals surface area (Å²) in [5.41, 5.74) is 0. The van der Waals surface area contributed by atoms with Gasteiger partial charge < -0.3 is 13.8 Å². The molecule has 0 aromatic heterocycles. The Labute approximate surface area is 324 Å². The largest absolute Gasteiger partial charge is 0.430 e. The van der Waals surface area contributed by atoms with Gasteiger partial charge in [0.25, 0.3) is 17.7 Å². The second kappa shape index (κ2) is 20.0. The molecule has 8 nitrogen and oxygen atoms in total. The molecule has 1 atom stereocenters. The number of benzene rings is 3. The predicted molar refractivity (Wildman–Crippen MR) is 209 cm³/mol. The van der Waals surface area contributed by atoms with Crippen molar-refractivity contribution in [2.75, 3.05) is 40.6 Å². The van der Waals surface area contributed by atoms with Crippen LogP contribution in [0.3, 0.4) is 0 Å². The molecule has 282 valence electrons. The van der Waals surface area contributed by atoms with Gasteiger partial charge in [0.2, 0.25) is 34.8 Å². The Morgan fingerprint density at radius 2 is 1.08 bits per heavy atom. The molecular weight excluding hydrogens is 940 g/mol. The van der Waals surface area contributed by atoms with Gasteiger partial charge in [0.15, 0.2) is 0 Å². The lowest BCUT2D eigenvalue weighted by Crippen LogP contribution is -2.08. The molecule has 0 bridgehead atoms. The lowest BCUT2D eigenvalue weighted by atomic mass is 10.1. The molecule has 1 unspecified atom stereocenters. The quantitative estimate of drug-likeness (QED) is 0.113. The third-order valence-corrected chi connectivity index (χ3v) is 21.5. The second-order valence-corrected chi connectivity index (χ2v) is 33.2. The molecule has 26 heteroatoms. The molecule has 0 amide bonds. The zero-order valence-electron chi connectivity index (χ0n) is 26.0. The minimum absolute atomic E-state index is 0.277. The van der Waals surface area contributed by atoms with Gasteiger partial charge >= 0.3 is 7.51 Å². The molecule has 0 saturated carbocycles. The van der Waals surface area contributed by atoms with Crippen molar-refractivity contribution in [1.29, 1.82) is 0 Å². The Bertz CT molecular complexity index is 1850. The number of nitrogens with zero attached hydrogens (tertiary/aromatic N) is 5. The Hall–Kier alpha value is 0.600. The predicted octanol–water partition coefficient (Wildman–Crippen LogP) is 17.1. The molecule has 1 fully saturated rings. The van der Waals surface area contributed by atoms with E-state index in [0.29, 0.717) is 0 Å². The maximum absolute atomic E-state index is 13.9. The summed E-state index contributed by atoms with van der Waals surface area (Å²) in [5.74, 6) is -22.3. The van der Waals surface area contributed by atoms with Crippen LogP contribution in [0.1, 0.15) is 12.8 Å². The molecule has 5 rings (SSSR count). The fourth-order valence-electron chi connectivity index (χ4n) is 3.31. The van der Waals surface area contributed by atoms with Crippen LogP contribution in [-0.2, 0) is 4.74 Å². The highest BCUT2D eigenvalue weighted by Gasteiger charge is 2.32. The van der Waals surface area contributed by atoms with E-state index < -0.39 is 65.8 Å². The molecular formula is C24H27Cl8F5N5O3P5. The monoisotopic (exact) mass is 963 g/mol. The summed E-state index contributed by atoms with van der Waals surface area (Å²) in [6.45, 7) is 5.01. The van der Waals surface area contributed by atoms with Crippen molar-refractivity contribution < 1.29 is 35.7 Å². The molecule has 50 heavy (non-hydrogen) atoms. The van der Waals surface area contributed by atoms with E-state index in [1.165, 1.54) is 26.6 Å². The average molecular weight is 967 g/mol. The van der Waals surface area contributed by atoms with Crippen molar-refractivity contribution in [1.82, 2.24) is 0 Å². The number of hydrogen-bond donors (Lipinski definition) is 0. The van der Waals surface area contributed by atoms with Crippen LogP contribution in [0, 0.1) is 29.1 Å². The SMILES string of the molecule is C1CCOC1.CN=P(C)(Cl)Cl.CN=P(C)(Oc1ccc2ccccc2c1)Oc1c(F)c(F)c(F)c(F)c1F.ClP1(Cl)=NP(Cl)(Cl)=NP(Cl)(Cl)=N1. The number of ether oxygens (including phenoxy) is 1. The molecule has 2 aliphatic rings. The fourth-order valence-corrected chi connectivity index (χ4v) is 23.3. The van der Waals surface area contributed by atoms with Crippen molar-refractivity contribution in [3.8, 4) is 11.5 Å². The van der Waals surface area contributed by atoms with Crippen molar-refractivity contribution >= 4 is 132 Å². The van der Waals surface area contributed by atoms with Crippen LogP contribution >= 0.6 is 121 Å². The van der Waals surface area contributed by atoms with Crippen molar-refractivity contribution in [2.45, 2.75) is 12.8 Å². The van der Waals surface area contributed by atoms with E-state index >= 15 is 0 Å². The zero-order valence-corrected chi connectivity index (χ0v) is 36.5. The Balaban J connectivity index is 0.000000306. The van der Waals surface area contributed by atoms with Gasteiger partial charge in [-0.15, -0.1) is 0 Å². The highest BCUT2D eigenvalue weighted by molar-refractivity contribution is 8.26. The van der Waals surface area contributed by atoms with Crippen LogP contribution in [0.4, 0.5) is 22.0 Å². The first-order valence-electron chi connectivity index (χ1n) is 13.4. The first kappa shape index (κ1) is 46.8. The van der Waals surface area contributed by atoms with Crippen LogP contribution in [0.2, 0.25) is 0 Å². The fraction of sp³-hybridized carbons (Fsp3) is 0.333. The van der Waals surface area contributed by atoms with Crippen molar-refractivity contribution in [3.05, 3.63) is 71.6 Å². The van der Waals surface area contributed by atoms with Gasteiger partial charge in [-0.05, 0) is 110 Å². The van der Waals surface area contributed by atoms with E-state index in [1.807, 2.05) is 24.3 Å². The maximum atomic E-state index is 13.9. The normalized spacial score (nSPS) is 18.0. The summed E-state index contributed by atoms with van der Waals surface area (Å²) in [7, 11) is -0.508. The molecule has 0 spiro atoms. The highest BCUT2D eigenvalue weighted by Crippen LogP contribution is 2.87. The Morgan fingerprint density at radius 3 is 1.46 bits per heavy atom. The topological polar surface area (TPSA) is 89.5 Å². The van der Waals surface area contributed by atoms with E-state index in [9.17, 15) is 22.0 Å². The van der Waals surface area contributed by atoms with Crippen LogP contribution in [0.5, 0.6) is 11.5 Å². The summed E-state index contributed by atoms with van der Waals surface area (Å²) in [5, 5.41) is 1.76. The van der Waals surface area contributed by atoms with Gasteiger partial charge in [0, 0.05) is 34.0 Å². The smallest absolute Gasteiger partial charge is 0.311 e. The summed E-state index contributed by atoms with van der Waals surface area (Å²) < 4.78 is 102. The number of fused-ring (bicyclic) bond motifs is 1. The standard InChI is InChI=1S/C18H13F5NO2P.C4H8O.C2H6Cl2NP.Cl6N3P3/c1-24-27(2,25-12-8-7-10-5-3-4-6-11(10)9-12)26-18-16(22)14(20)13(19)15(21)17(18)23;1-2-4-5-3-1;1-5-6(2,3)4;1-10(2)7-11(3,4)9-12(5,6)8-10/h3-9H,1-2H3;1-4H2;1-2H3;. The number of rotatable bonds is 4. The summed E-state index contributed by atoms with van der Waals surface area (Å²) in [4.78, 5) is 0. The van der Waals surface area contributed by atoms with Gasteiger partial charge in [-0.2, -0.15) is 22.3 Å². The molecule has 3 aromatic carbocycles. The zero-order chi connectivity index (χ0) is 38.1. The van der Waals surface area contributed by atoms with Crippen LogP contribution in [-0.4, -0.2) is 40.6 Å². The third kappa shape index (κ3) is 15.8. The first-order valence-corrected chi connectivity index (χ1v) is 29.9. The van der Waals surface area contributed by atoms with Gasteiger partial charge in [-0.3, -0.25) is 4.74 Å². The van der Waals surface area contributed by atoms with E-state index in [1.54, 1.807) is 31.9 Å². The lowest BCUT2D eigenvalue weighted by molar-refractivity contribution is 0.198. The summed E-state index contributed by atoms with van der Waals surface area (Å²) >= 11 is 44.7. The van der Waals surface area contributed by atoms with Gasteiger partial charge in [0.1, 0.15) is 11.5 Å². The molecule has 0 aliphatic carbocycles. The maximum Gasteiger partial charge on any atom is 0.311 e. The van der Waals surface area contributed by atoms with Crippen molar-refractivity contribution in [2.24, 2.45) is 23.0 Å². The minimum Gasteiger partial charge on any atom is -0.430 e. The Kier molecular flexibility index (Phi) is 18.7. The van der Waals surface area contributed by atoms with E-state index in [2.05, 4.69) is 23.0 Å². The minimum atomic E-state index is -3.39. The van der Waals surface area contributed by atoms with Gasteiger partial charge in [-0.25, -0.2) is 17.9 Å². The molecule has 0 radical (unpaired) electrons. The lowest BCUT2D eigenvalue weighted by Gasteiger charge is -2.22. The van der Waals surface area contributed by atoms with Crippen LogP contribution < -0.4 is 9.05 Å². The number of hydrogen-bond acceptors (Lipinski definition) is 8. The third-order valence-electron chi connectivity index (χ3n) is 5.61. The van der Waals surface area contributed by atoms with Crippen LogP contribution in [0.15, 0.2) is 65.5 Å². The van der Waals surface area contributed by atoms with Crippen LogP contribution in [0.25, 0.3) is 10.8 Å². The van der Waals surface area contributed by atoms with E-state index in [-0.39, 0.29) is 5.75 Å². The molecule has 2 aliphatic heterocycles. The van der Waals surface area contributed by atoms with Crippen molar-refractivity contribution in [3.63, 3.8) is 0 Å². The summed E-state index contributed by atoms with van der Waals surface area (Å²) in [6, 6.07) is 12.4. The Morgan fingerprint density at radius 1 is 0.660 bits per heavy atom.